The van der Waals surface area contributed by atoms with Crippen LogP contribution in [0.15, 0.2) is 77.3 Å². The number of ether oxygens (including phenoxy) is 1. The van der Waals surface area contributed by atoms with E-state index in [1.807, 2.05) is 54.6 Å². The molecule has 4 heteroatoms. The fourth-order valence-corrected chi connectivity index (χ4v) is 2.97. The molecule has 0 aliphatic rings. The Balaban J connectivity index is 1.72. The summed E-state index contributed by atoms with van der Waals surface area (Å²) in [5.41, 5.74) is 3.12. The van der Waals surface area contributed by atoms with Gasteiger partial charge in [-0.15, -0.1) is 0 Å². The standard InChI is InChI=1S/C20H17BrClNO/c21-17-10-11-20(24-14-15-6-2-1-3-7-15)16(12-17)13-23-19-9-5-4-8-18(19)22/h1-12,23H,13-14H2. The Labute approximate surface area is 155 Å². The van der Waals surface area contributed by atoms with E-state index in [4.69, 9.17) is 16.3 Å². The molecule has 0 spiro atoms. The summed E-state index contributed by atoms with van der Waals surface area (Å²) in [7, 11) is 0. The van der Waals surface area contributed by atoms with Crippen molar-refractivity contribution in [3.05, 3.63) is 93.4 Å². The van der Waals surface area contributed by atoms with Gasteiger partial charge in [-0.25, -0.2) is 0 Å². The van der Waals surface area contributed by atoms with Crippen molar-refractivity contribution >= 4 is 33.2 Å². The van der Waals surface area contributed by atoms with Gasteiger partial charge in [0.1, 0.15) is 12.4 Å². The minimum Gasteiger partial charge on any atom is -0.489 e. The lowest BCUT2D eigenvalue weighted by atomic mass is 10.2. The maximum absolute atomic E-state index is 6.20. The molecule has 3 aromatic carbocycles. The molecule has 0 aliphatic carbocycles. The largest absolute Gasteiger partial charge is 0.489 e. The molecule has 0 atom stereocenters. The van der Waals surface area contributed by atoms with Crippen LogP contribution in [0.4, 0.5) is 5.69 Å². The molecule has 24 heavy (non-hydrogen) atoms. The van der Waals surface area contributed by atoms with Gasteiger partial charge in [-0.3, -0.25) is 0 Å². The molecule has 3 rings (SSSR count). The Morgan fingerprint density at radius 3 is 2.46 bits per heavy atom. The zero-order chi connectivity index (χ0) is 16.8. The van der Waals surface area contributed by atoms with Gasteiger partial charge in [0.25, 0.3) is 0 Å². The van der Waals surface area contributed by atoms with Crippen molar-refractivity contribution < 1.29 is 4.74 Å². The van der Waals surface area contributed by atoms with E-state index in [1.165, 1.54) is 0 Å². The first kappa shape index (κ1) is 16.9. The summed E-state index contributed by atoms with van der Waals surface area (Å²) in [6.07, 6.45) is 0. The molecule has 2 nitrogen and oxygen atoms in total. The lowest BCUT2D eigenvalue weighted by Gasteiger charge is -2.14. The lowest BCUT2D eigenvalue weighted by Crippen LogP contribution is -2.04. The minimum atomic E-state index is 0.543. The van der Waals surface area contributed by atoms with Gasteiger partial charge >= 0.3 is 0 Å². The lowest BCUT2D eigenvalue weighted by molar-refractivity contribution is 0.303. The van der Waals surface area contributed by atoms with Crippen LogP contribution in [0.3, 0.4) is 0 Å². The fraction of sp³-hybridized carbons (Fsp3) is 0.100. The molecule has 0 bridgehead atoms. The minimum absolute atomic E-state index is 0.543. The molecule has 0 saturated carbocycles. The highest BCUT2D eigenvalue weighted by atomic mass is 79.9. The topological polar surface area (TPSA) is 21.3 Å². The highest BCUT2D eigenvalue weighted by Crippen LogP contribution is 2.27. The second-order valence-electron chi connectivity index (χ2n) is 5.36. The zero-order valence-corrected chi connectivity index (χ0v) is 15.3. The molecule has 0 radical (unpaired) electrons. The molecule has 3 aromatic rings. The second kappa shape index (κ2) is 8.22. The van der Waals surface area contributed by atoms with Crippen molar-refractivity contribution in [2.45, 2.75) is 13.2 Å². The number of para-hydroxylation sites is 1. The van der Waals surface area contributed by atoms with Gasteiger partial charge in [-0.05, 0) is 35.9 Å². The number of hydrogen-bond acceptors (Lipinski definition) is 2. The molecule has 0 aliphatic heterocycles. The van der Waals surface area contributed by atoms with E-state index in [1.54, 1.807) is 0 Å². The van der Waals surface area contributed by atoms with Crippen molar-refractivity contribution in [3.63, 3.8) is 0 Å². The van der Waals surface area contributed by atoms with Crippen LogP contribution in [0, 0.1) is 0 Å². The van der Waals surface area contributed by atoms with Gasteiger partial charge in [-0.2, -0.15) is 0 Å². The number of halogens is 2. The monoisotopic (exact) mass is 401 g/mol. The van der Waals surface area contributed by atoms with Crippen molar-refractivity contribution in [3.8, 4) is 5.75 Å². The van der Waals surface area contributed by atoms with E-state index >= 15 is 0 Å². The summed E-state index contributed by atoms with van der Waals surface area (Å²) in [5, 5.41) is 4.07. The molecular weight excluding hydrogens is 386 g/mol. The Morgan fingerprint density at radius 2 is 1.67 bits per heavy atom. The Kier molecular flexibility index (Phi) is 5.78. The van der Waals surface area contributed by atoms with Gasteiger partial charge in [0.05, 0.1) is 10.7 Å². The maximum Gasteiger partial charge on any atom is 0.124 e. The van der Waals surface area contributed by atoms with Crippen molar-refractivity contribution in [1.29, 1.82) is 0 Å². The summed E-state index contributed by atoms with van der Waals surface area (Å²) in [5.74, 6) is 0.863. The normalized spacial score (nSPS) is 10.4. The third-order valence-corrected chi connectivity index (χ3v) is 4.43. The number of hydrogen-bond donors (Lipinski definition) is 1. The van der Waals surface area contributed by atoms with Crippen molar-refractivity contribution in [1.82, 2.24) is 0 Å². The van der Waals surface area contributed by atoms with Crippen LogP contribution in [-0.2, 0) is 13.2 Å². The zero-order valence-electron chi connectivity index (χ0n) is 13.0. The van der Waals surface area contributed by atoms with E-state index in [2.05, 4.69) is 39.4 Å². The van der Waals surface area contributed by atoms with E-state index in [-0.39, 0.29) is 0 Å². The van der Waals surface area contributed by atoms with Crippen LogP contribution in [0.1, 0.15) is 11.1 Å². The molecule has 0 saturated heterocycles. The number of nitrogens with one attached hydrogen (secondary N) is 1. The van der Waals surface area contributed by atoms with Gasteiger partial charge in [0.15, 0.2) is 0 Å². The van der Waals surface area contributed by atoms with E-state index in [0.717, 1.165) is 27.0 Å². The quantitative estimate of drug-likeness (QED) is 0.523. The van der Waals surface area contributed by atoms with Crippen LogP contribution in [-0.4, -0.2) is 0 Å². The average molecular weight is 403 g/mol. The molecule has 0 fully saturated rings. The molecular formula is C20H17BrClNO. The third kappa shape index (κ3) is 4.53. The summed E-state index contributed by atoms with van der Waals surface area (Å²) < 4.78 is 7.02. The first-order chi connectivity index (χ1) is 11.7. The number of anilines is 1. The molecule has 0 amide bonds. The van der Waals surface area contributed by atoms with Crippen LogP contribution < -0.4 is 10.1 Å². The summed E-state index contributed by atoms with van der Waals surface area (Å²) in [4.78, 5) is 0. The Morgan fingerprint density at radius 1 is 0.917 bits per heavy atom. The van der Waals surface area contributed by atoms with Crippen LogP contribution in [0.2, 0.25) is 5.02 Å². The molecule has 1 N–H and O–H groups in total. The van der Waals surface area contributed by atoms with Crippen molar-refractivity contribution in [2.24, 2.45) is 0 Å². The van der Waals surface area contributed by atoms with Crippen LogP contribution in [0.5, 0.6) is 5.75 Å². The van der Waals surface area contributed by atoms with Crippen LogP contribution >= 0.6 is 27.5 Å². The Hall–Kier alpha value is -1.97. The molecule has 122 valence electrons. The van der Waals surface area contributed by atoms with Crippen LogP contribution in [0.25, 0.3) is 0 Å². The predicted molar refractivity (Wildman–Crippen MR) is 104 cm³/mol. The highest BCUT2D eigenvalue weighted by Gasteiger charge is 2.07. The highest BCUT2D eigenvalue weighted by molar-refractivity contribution is 9.10. The van der Waals surface area contributed by atoms with Gasteiger partial charge < -0.3 is 10.1 Å². The summed E-state index contributed by atoms with van der Waals surface area (Å²) in [6, 6.07) is 23.9. The van der Waals surface area contributed by atoms with E-state index in [0.29, 0.717) is 18.2 Å². The first-order valence-electron chi connectivity index (χ1n) is 7.66. The van der Waals surface area contributed by atoms with E-state index in [9.17, 15) is 0 Å². The maximum atomic E-state index is 6.20. The SMILES string of the molecule is Clc1ccccc1NCc1cc(Br)ccc1OCc1ccccc1. The molecule has 0 heterocycles. The van der Waals surface area contributed by atoms with E-state index < -0.39 is 0 Å². The van der Waals surface area contributed by atoms with Gasteiger partial charge in [0, 0.05) is 16.6 Å². The first-order valence-corrected chi connectivity index (χ1v) is 8.83. The third-order valence-electron chi connectivity index (χ3n) is 3.60. The fourth-order valence-electron chi connectivity index (χ4n) is 2.36. The average Bonchev–Trinajstić information content (AvgIpc) is 2.61. The van der Waals surface area contributed by atoms with Gasteiger partial charge in [-0.1, -0.05) is 70.0 Å². The van der Waals surface area contributed by atoms with Crippen molar-refractivity contribution in [2.75, 3.05) is 5.32 Å². The summed E-state index contributed by atoms with van der Waals surface area (Å²) >= 11 is 9.72. The smallest absolute Gasteiger partial charge is 0.124 e. The predicted octanol–water partition coefficient (Wildman–Crippen LogP) is 6.29. The summed E-state index contributed by atoms with van der Waals surface area (Å²) in [6.45, 7) is 1.18. The number of benzene rings is 3. The number of rotatable bonds is 6. The molecule has 0 unspecified atom stereocenters. The second-order valence-corrected chi connectivity index (χ2v) is 6.68. The molecule has 0 aromatic heterocycles. The Bertz CT molecular complexity index is 808. The van der Waals surface area contributed by atoms with Gasteiger partial charge in [0.2, 0.25) is 0 Å².